The van der Waals surface area contributed by atoms with E-state index < -0.39 is 7.26 Å². The standard InChI is InChI=1S/C17H39P/c1-5-9-12-13-14-17-18(8-4,15-10-6-2)16-11-7-3/h18H,5-17H2,1-4H3. The molecule has 0 atom stereocenters. The van der Waals surface area contributed by atoms with Gasteiger partial charge >= 0.3 is 117 Å². The van der Waals surface area contributed by atoms with Crippen LogP contribution in [0.25, 0.3) is 0 Å². The minimum atomic E-state index is -0.872. The molecule has 0 fully saturated rings. The van der Waals surface area contributed by atoms with Crippen LogP contribution in [-0.2, 0) is 0 Å². The summed E-state index contributed by atoms with van der Waals surface area (Å²) >= 11 is 0. The monoisotopic (exact) mass is 274 g/mol. The van der Waals surface area contributed by atoms with Gasteiger partial charge in [0.15, 0.2) is 0 Å². The molecule has 0 nitrogen and oxygen atoms in total. The van der Waals surface area contributed by atoms with Crippen molar-refractivity contribution in [3.63, 3.8) is 0 Å². The summed E-state index contributed by atoms with van der Waals surface area (Å²) in [6.45, 7) is 9.52. The van der Waals surface area contributed by atoms with E-state index in [0.717, 1.165) is 0 Å². The van der Waals surface area contributed by atoms with Crippen molar-refractivity contribution >= 4 is 7.26 Å². The van der Waals surface area contributed by atoms with Gasteiger partial charge < -0.3 is 0 Å². The van der Waals surface area contributed by atoms with E-state index in [-0.39, 0.29) is 0 Å². The van der Waals surface area contributed by atoms with E-state index >= 15 is 0 Å². The Bertz CT molecular complexity index is 157. The first-order valence-electron chi connectivity index (χ1n) is 8.74. The number of hydrogen-bond acceptors (Lipinski definition) is 0. The van der Waals surface area contributed by atoms with Gasteiger partial charge in [-0.25, -0.2) is 0 Å². The van der Waals surface area contributed by atoms with E-state index in [1.807, 2.05) is 0 Å². The van der Waals surface area contributed by atoms with Gasteiger partial charge in [0, 0.05) is 0 Å². The SMILES string of the molecule is CCCCCCC[PH](CC)(CCCC)CCCC. The molecule has 0 aromatic carbocycles. The predicted octanol–water partition coefficient (Wildman–Crippen LogP) is 6.33. The Morgan fingerprint density at radius 1 is 0.500 bits per heavy atom. The summed E-state index contributed by atoms with van der Waals surface area (Å²) in [5.41, 5.74) is 0. The van der Waals surface area contributed by atoms with Crippen LogP contribution in [0.1, 0.15) is 85.5 Å². The Labute approximate surface area is 118 Å². The first-order valence-corrected chi connectivity index (χ1v) is 11.6. The third kappa shape index (κ3) is 8.52. The summed E-state index contributed by atoms with van der Waals surface area (Å²) in [6.07, 6.45) is 19.5. The normalized spacial score (nSPS) is 12.9. The molecule has 0 N–H and O–H groups in total. The van der Waals surface area contributed by atoms with Crippen LogP contribution >= 0.6 is 7.26 Å². The number of hydrogen-bond donors (Lipinski definition) is 0. The van der Waals surface area contributed by atoms with Gasteiger partial charge in [0.25, 0.3) is 0 Å². The van der Waals surface area contributed by atoms with Gasteiger partial charge in [0.1, 0.15) is 0 Å². The Morgan fingerprint density at radius 2 is 0.944 bits per heavy atom. The molecule has 0 saturated carbocycles. The first kappa shape index (κ1) is 18.4. The second kappa shape index (κ2) is 12.5. The van der Waals surface area contributed by atoms with E-state index in [9.17, 15) is 0 Å². The second-order valence-corrected chi connectivity index (χ2v) is 11.4. The average Bonchev–Trinajstić information content (AvgIpc) is 2.41. The van der Waals surface area contributed by atoms with Crippen molar-refractivity contribution in [1.82, 2.24) is 0 Å². The molecule has 0 spiro atoms. The molecular formula is C17H39P. The van der Waals surface area contributed by atoms with Crippen LogP contribution in [0.15, 0.2) is 0 Å². The van der Waals surface area contributed by atoms with Gasteiger partial charge in [-0.05, 0) is 0 Å². The van der Waals surface area contributed by atoms with Crippen LogP contribution in [0.3, 0.4) is 0 Å². The van der Waals surface area contributed by atoms with Gasteiger partial charge in [-0.2, -0.15) is 0 Å². The van der Waals surface area contributed by atoms with E-state index in [4.69, 9.17) is 0 Å². The first-order chi connectivity index (χ1) is 8.74. The van der Waals surface area contributed by atoms with Gasteiger partial charge in [0.2, 0.25) is 0 Å². The maximum absolute atomic E-state index is 2.49. The summed E-state index contributed by atoms with van der Waals surface area (Å²) in [4.78, 5) is 0. The third-order valence-electron chi connectivity index (χ3n) is 4.68. The van der Waals surface area contributed by atoms with Crippen LogP contribution in [0, 0.1) is 0 Å². The maximum atomic E-state index is 2.49. The summed E-state index contributed by atoms with van der Waals surface area (Å²) in [5, 5.41) is 0. The Kier molecular flexibility index (Phi) is 12.8. The quantitative estimate of drug-likeness (QED) is 0.272. The van der Waals surface area contributed by atoms with Crippen LogP contribution in [0.2, 0.25) is 0 Å². The van der Waals surface area contributed by atoms with Crippen molar-refractivity contribution in [2.75, 3.05) is 24.6 Å². The number of rotatable bonds is 13. The van der Waals surface area contributed by atoms with E-state index in [2.05, 4.69) is 27.7 Å². The van der Waals surface area contributed by atoms with Gasteiger partial charge in [0.05, 0.1) is 0 Å². The Morgan fingerprint density at radius 3 is 1.39 bits per heavy atom. The average molecular weight is 274 g/mol. The fourth-order valence-electron chi connectivity index (χ4n) is 3.11. The zero-order chi connectivity index (χ0) is 13.7. The van der Waals surface area contributed by atoms with Crippen molar-refractivity contribution < 1.29 is 0 Å². The molecule has 0 unspecified atom stereocenters. The zero-order valence-corrected chi connectivity index (χ0v) is 14.7. The summed E-state index contributed by atoms with van der Waals surface area (Å²) in [6, 6.07) is 0. The molecule has 0 aliphatic heterocycles. The molecule has 18 heavy (non-hydrogen) atoms. The molecule has 0 aromatic heterocycles. The molecule has 112 valence electrons. The molecule has 0 saturated heterocycles. The van der Waals surface area contributed by atoms with Gasteiger partial charge in [-0.15, -0.1) is 0 Å². The molecule has 0 aromatic rings. The minimum absolute atomic E-state index is 0.872. The van der Waals surface area contributed by atoms with Crippen molar-refractivity contribution in [2.45, 2.75) is 85.5 Å². The van der Waals surface area contributed by atoms with E-state index in [0.29, 0.717) is 0 Å². The van der Waals surface area contributed by atoms with Crippen molar-refractivity contribution in [2.24, 2.45) is 0 Å². The van der Waals surface area contributed by atoms with E-state index in [1.54, 1.807) is 24.6 Å². The van der Waals surface area contributed by atoms with E-state index in [1.165, 1.54) is 57.8 Å². The summed E-state index contributed by atoms with van der Waals surface area (Å²) in [5.74, 6) is 0. The second-order valence-electron chi connectivity index (χ2n) is 6.22. The Balaban J connectivity index is 4.07. The van der Waals surface area contributed by atoms with Crippen molar-refractivity contribution in [1.29, 1.82) is 0 Å². The molecule has 0 heterocycles. The van der Waals surface area contributed by atoms with Crippen LogP contribution in [-0.4, -0.2) is 24.6 Å². The van der Waals surface area contributed by atoms with Crippen molar-refractivity contribution in [3.05, 3.63) is 0 Å². The van der Waals surface area contributed by atoms with Crippen molar-refractivity contribution in [3.8, 4) is 0 Å². The van der Waals surface area contributed by atoms with Crippen LogP contribution in [0.4, 0.5) is 0 Å². The van der Waals surface area contributed by atoms with Crippen LogP contribution in [0.5, 0.6) is 0 Å². The van der Waals surface area contributed by atoms with Crippen LogP contribution < -0.4 is 0 Å². The molecule has 0 aliphatic rings. The fourth-order valence-corrected chi connectivity index (χ4v) is 8.13. The zero-order valence-electron chi connectivity index (χ0n) is 13.7. The fraction of sp³-hybridized carbons (Fsp3) is 1.00. The molecule has 0 rings (SSSR count). The molecule has 0 bridgehead atoms. The van der Waals surface area contributed by atoms with Gasteiger partial charge in [-0.3, -0.25) is 0 Å². The number of unbranched alkanes of at least 4 members (excludes halogenated alkanes) is 6. The summed E-state index contributed by atoms with van der Waals surface area (Å²) < 4.78 is 0. The topological polar surface area (TPSA) is 0 Å². The third-order valence-corrected chi connectivity index (χ3v) is 10.4. The predicted molar refractivity (Wildman–Crippen MR) is 92.0 cm³/mol. The molecule has 1 heteroatoms. The Hall–Kier alpha value is 0.430. The molecule has 0 aliphatic carbocycles. The molecule has 0 amide bonds. The van der Waals surface area contributed by atoms with Gasteiger partial charge in [-0.1, -0.05) is 0 Å². The molecular weight excluding hydrogens is 235 g/mol. The summed E-state index contributed by atoms with van der Waals surface area (Å²) in [7, 11) is -0.872. The molecule has 0 radical (unpaired) electrons.